The number of nitrogens with two attached hydrogens (primary N) is 1. The van der Waals surface area contributed by atoms with Crippen LogP contribution < -0.4 is 16.6 Å². The lowest BCUT2D eigenvalue weighted by atomic mass is 10.1. The topological polar surface area (TPSA) is 71.7 Å². The number of aliphatic imine (C=N–C) groups is 1. The summed E-state index contributed by atoms with van der Waals surface area (Å²) in [4.78, 5) is 4.66. The monoisotopic (exact) mass is 224 g/mol. The number of hydrazine groups is 1. The van der Waals surface area contributed by atoms with Crippen molar-refractivity contribution in [2.75, 3.05) is 6.61 Å². The van der Waals surface area contributed by atoms with Crippen molar-refractivity contribution in [1.82, 2.24) is 10.7 Å². The van der Waals surface area contributed by atoms with E-state index in [4.69, 9.17) is 10.6 Å². The Morgan fingerprint density at radius 2 is 2.00 bits per heavy atom. The van der Waals surface area contributed by atoms with Crippen LogP contribution in [0.5, 0.6) is 0 Å². The molecule has 1 heterocycles. The largest absolute Gasteiger partial charge is 0.376 e. The van der Waals surface area contributed by atoms with Crippen molar-refractivity contribution < 1.29 is 4.74 Å². The minimum atomic E-state index is 0.296. The van der Waals surface area contributed by atoms with Crippen LogP contribution in [0.2, 0.25) is 0 Å². The zero-order chi connectivity index (χ0) is 11.0. The van der Waals surface area contributed by atoms with Gasteiger partial charge in [0.1, 0.15) is 0 Å². The third kappa shape index (κ3) is 2.30. The lowest BCUT2D eigenvalue weighted by Gasteiger charge is -2.16. The molecule has 5 heteroatoms. The zero-order valence-corrected chi connectivity index (χ0v) is 9.48. The van der Waals surface area contributed by atoms with Gasteiger partial charge in [0.15, 0.2) is 0 Å². The Bertz CT molecular complexity index is 286. The molecule has 0 aromatic carbocycles. The molecule has 0 amide bonds. The van der Waals surface area contributed by atoms with Gasteiger partial charge in [-0.25, -0.2) is 10.8 Å². The predicted molar refractivity (Wildman–Crippen MR) is 61.8 cm³/mol. The first-order valence-corrected chi connectivity index (χ1v) is 6.29. The van der Waals surface area contributed by atoms with E-state index in [9.17, 15) is 0 Å². The standard InChI is InChI=1S/C11H20N4O/c12-15-11(13-8-3-4-8)14-9-5-6-16-10(9)7-1-2-7/h7-10H,1-6,12H2,(H2,13,14,15). The van der Waals surface area contributed by atoms with E-state index in [1.807, 2.05) is 0 Å². The number of hydrogen-bond acceptors (Lipinski definition) is 3. The molecule has 0 radical (unpaired) electrons. The highest BCUT2D eigenvalue weighted by Crippen LogP contribution is 2.39. The molecule has 0 aromatic rings. The van der Waals surface area contributed by atoms with Crippen LogP contribution in [0.4, 0.5) is 0 Å². The average molecular weight is 224 g/mol. The van der Waals surface area contributed by atoms with Gasteiger partial charge in [0, 0.05) is 12.6 Å². The van der Waals surface area contributed by atoms with Gasteiger partial charge in [-0.15, -0.1) is 0 Å². The molecule has 2 saturated carbocycles. The molecule has 0 bridgehead atoms. The van der Waals surface area contributed by atoms with Crippen molar-refractivity contribution in [2.45, 2.75) is 50.3 Å². The van der Waals surface area contributed by atoms with E-state index in [0.29, 0.717) is 18.2 Å². The first-order valence-electron chi connectivity index (χ1n) is 6.29. The SMILES string of the molecule is NNC(=NC1CCOC1C1CC1)NC1CC1. The van der Waals surface area contributed by atoms with Crippen molar-refractivity contribution in [3.8, 4) is 0 Å². The fourth-order valence-electron chi connectivity index (χ4n) is 2.32. The fourth-order valence-corrected chi connectivity index (χ4v) is 2.32. The van der Waals surface area contributed by atoms with E-state index in [1.165, 1.54) is 25.7 Å². The molecule has 1 aliphatic heterocycles. The normalized spacial score (nSPS) is 35.2. The van der Waals surface area contributed by atoms with Gasteiger partial charge in [-0.1, -0.05) is 0 Å². The summed E-state index contributed by atoms with van der Waals surface area (Å²) in [7, 11) is 0. The molecular weight excluding hydrogens is 204 g/mol. The maximum atomic E-state index is 5.75. The molecule has 0 spiro atoms. The highest BCUT2D eigenvalue weighted by atomic mass is 16.5. The summed E-state index contributed by atoms with van der Waals surface area (Å²) in [6, 6.07) is 0.876. The van der Waals surface area contributed by atoms with Crippen molar-refractivity contribution >= 4 is 5.96 Å². The second kappa shape index (κ2) is 4.22. The number of rotatable bonds is 3. The van der Waals surface area contributed by atoms with Crippen LogP contribution in [-0.4, -0.2) is 30.8 Å². The van der Waals surface area contributed by atoms with Gasteiger partial charge in [-0.3, -0.25) is 5.43 Å². The molecule has 3 aliphatic rings. The first-order chi connectivity index (χ1) is 7.86. The van der Waals surface area contributed by atoms with Crippen LogP contribution in [0.25, 0.3) is 0 Å². The Morgan fingerprint density at radius 1 is 1.19 bits per heavy atom. The van der Waals surface area contributed by atoms with Crippen LogP contribution in [-0.2, 0) is 4.74 Å². The Morgan fingerprint density at radius 3 is 2.62 bits per heavy atom. The van der Waals surface area contributed by atoms with Gasteiger partial charge in [0.2, 0.25) is 5.96 Å². The highest BCUT2D eigenvalue weighted by molar-refractivity contribution is 5.80. The number of guanidine groups is 1. The van der Waals surface area contributed by atoms with E-state index in [1.54, 1.807) is 0 Å². The molecule has 5 nitrogen and oxygen atoms in total. The van der Waals surface area contributed by atoms with Crippen LogP contribution in [0.15, 0.2) is 4.99 Å². The van der Waals surface area contributed by atoms with E-state index < -0.39 is 0 Å². The van der Waals surface area contributed by atoms with Gasteiger partial charge in [-0.05, 0) is 38.0 Å². The zero-order valence-electron chi connectivity index (χ0n) is 9.48. The van der Waals surface area contributed by atoms with Gasteiger partial charge >= 0.3 is 0 Å². The summed E-state index contributed by atoms with van der Waals surface area (Å²) in [5.74, 6) is 6.97. The molecule has 16 heavy (non-hydrogen) atoms. The molecule has 90 valence electrons. The number of hydrogen-bond donors (Lipinski definition) is 3. The quantitative estimate of drug-likeness (QED) is 0.276. The van der Waals surface area contributed by atoms with E-state index >= 15 is 0 Å². The number of ether oxygens (including phenoxy) is 1. The van der Waals surface area contributed by atoms with Crippen molar-refractivity contribution in [1.29, 1.82) is 0 Å². The maximum absolute atomic E-state index is 5.75. The van der Waals surface area contributed by atoms with Gasteiger partial charge in [0.25, 0.3) is 0 Å². The lowest BCUT2D eigenvalue weighted by molar-refractivity contribution is 0.0874. The molecular formula is C11H20N4O. The summed E-state index contributed by atoms with van der Waals surface area (Å²) in [5, 5.41) is 3.31. The van der Waals surface area contributed by atoms with Crippen molar-refractivity contribution in [2.24, 2.45) is 16.8 Å². The second-order valence-corrected chi connectivity index (χ2v) is 5.07. The van der Waals surface area contributed by atoms with Crippen LogP contribution in [0.3, 0.4) is 0 Å². The average Bonchev–Trinajstić information content (AvgIpc) is 3.20. The minimum Gasteiger partial charge on any atom is -0.376 e. The molecule has 3 fully saturated rings. The van der Waals surface area contributed by atoms with Gasteiger partial charge in [0.05, 0.1) is 12.1 Å². The Kier molecular flexibility index (Phi) is 2.73. The van der Waals surface area contributed by atoms with Gasteiger partial charge in [-0.2, -0.15) is 0 Å². The molecule has 2 aliphatic carbocycles. The Labute approximate surface area is 95.8 Å². The lowest BCUT2D eigenvalue weighted by Crippen LogP contribution is -2.44. The third-order valence-electron chi connectivity index (χ3n) is 3.54. The molecule has 1 saturated heterocycles. The molecule has 4 N–H and O–H groups in total. The summed E-state index contributed by atoms with van der Waals surface area (Å²) in [6.45, 7) is 0.844. The van der Waals surface area contributed by atoms with Gasteiger partial charge < -0.3 is 10.1 Å². The number of nitrogens with zero attached hydrogens (tertiary/aromatic N) is 1. The Balaban J connectivity index is 1.62. The highest BCUT2D eigenvalue weighted by Gasteiger charge is 2.40. The minimum absolute atomic E-state index is 0.296. The molecule has 2 unspecified atom stereocenters. The van der Waals surface area contributed by atoms with E-state index in [2.05, 4.69) is 15.7 Å². The smallest absolute Gasteiger partial charge is 0.206 e. The summed E-state index contributed by atoms with van der Waals surface area (Å²) in [5.41, 5.74) is 2.66. The van der Waals surface area contributed by atoms with E-state index in [-0.39, 0.29) is 0 Å². The van der Waals surface area contributed by atoms with Crippen molar-refractivity contribution in [3.05, 3.63) is 0 Å². The summed E-state index contributed by atoms with van der Waals surface area (Å²) < 4.78 is 5.75. The third-order valence-corrected chi connectivity index (χ3v) is 3.54. The second-order valence-electron chi connectivity index (χ2n) is 5.07. The summed E-state index contributed by atoms with van der Waals surface area (Å²) >= 11 is 0. The predicted octanol–water partition coefficient (Wildman–Crippen LogP) is 0.125. The molecule has 2 atom stereocenters. The molecule has 3 rings (SSSR count). The summed E-state index contributed by atoms with van der Waals surface area (Å²) in [6.07, 6.45) is 6.43. The maximum Gasteiger partial charge on any atom is 0.206 e. The first kappa shape index (κ1) is 10.4. The van der Waals surface area contributed by atoms with Crippen LogP contribution in [0.1, 0.15) is 32.1 Å². The van der Waals surface area contributed by atoms with Crippen molar-refractivity contribution in [3.63, 3.8) is 0 Å². The number of nitrogens with one attached hydrogen (secondary N) is 2. The van der Waals surface area contributed by atoms with Crippen LogP contribution in [0, 0.1) is 5.92 Å². The van der Waals surface area contributed by atoms with E-state index in [0.717, 1.165) is 24.9 Å². The fraction of sp³-hybridized carbons (Fsp3) is 0.909. The Hall–Kier alpha value is -0.810. The molecule has 0 aromatic heterocycles. The van der Waals surface area contributed by atoms with Crippen LogP contribution >= 0.6 is 0 Å².